The second-order valence-corrected chi connectivity index (χ2v) is 7.55. The summed E-state index contributed by atoms with van der Waals surface area (Å²) in [5.41, 5.74) is 0.717. The molecule has 0 aromatic rings. The molecule has 0 amide bonds. The Bertz CT molecular complexity index is 293. The van der Waals surface area contributed by atoms with Crippen LogP contribution in [0.25, 0.3) is 0 Å². The molecule has 0 N–H and O–H groups in total. The van der Waals surface area contributed by atoms with E-state index in [0.29, 0.717) is 5.41 Å². The Morgan fingerprint density at radius 1 is 1.00 bits per heavy atom. The van der Waals surface area contributed by atoms with Crippen LogP contribution >= 0.6 is 0 Å². The highest BCUT2D eigenvalue weighted by molar-refractivity contribution is 5.05. The molecular weight excluding hydrogens is 234 g/mol. The van der Waals surface area contributed by atoms with Crippen LogP contribution in [0.4, 0.5) is 0 Å². The zero-order chi connectivity index (χ0) is 13.5. The van der Waals surface area contributed by atoms with Crippen LogP contribution in [-0.4, -0.2) is 73.1 Å². The summed E-state index contributed by atoms with van der Waals surface area (Å²) in [5.74, 6) is 0.967. The minimum atomic E-state index is 0.717. The van der Waals surface area contributed by atoms with E-state index in [9.17, 15) is 0 Å². The molecule has 19 heavy (non-hydrogen) atoms. The van der Waals surface area contributed by atoms with Crippen LogP contribution < -0.4 is 0 Å². The number of nitrogens with zero attached hydrogens (tertiary/aromatic N) is 3. The molecule has 0 unspecified atom stereocenters. The number of hydrogen-bond donors (Lipinski definition) is 0. The van der Waals surface area contributed by atoms with Crippen molar-refractivity contribution in [2.45, 2.75) is 39.7 Å². The van der Waals surface area contributed by atoms with Crippen molar-refractivity contribution in [3.63, 3.8) is 0 Å². The molecule has 0 aromatic heterocycles. The maximum Gasteiger partial charge on any atom is 0.0212 e. The summed E-state index contributed by atoms with van der Waals surface area (Å²) >= 11 is 0. The molecule has 3 aliphatic rings. The highest BCUT2D eigenvalue weighted by atomic mass is 15.3. The lowest BCUT2D eigenvalue weighted by Gasteiger charge is -2.61. The third kappa shape index (κ3) is 2.84. The monoisotopic (exact) mass is 265 g/mol. The summed E-state index contributed by atoms with van der Waals surface area (Å²) < 4.78 is 0. The van der Waals surface area contributed by atoms with Crippen LogP contribution in [-0.2, 0) is 0 Å². The van der Waals surface area contributed by atoms with Crippen LogP contribution in [0.2, 0.25) is 0 Å². The average molecular weight is 265 g/mol. The van der Waals surface area contributed by atoms with Gasteiger partial charge in [0.15, 0.2) is 0 Å². The minimum Gasteiger partial charge on any atom is -0.302 e. The Morgan fingerprint density at radius 3 is 2.11 bits per heavy atom. The van der Waals surface area contributed by atoms with Crippen LogP contribution in [0.5, 0.6) is 0 Å². The SMILES string of the molecule is CCN1CC2(C1)CN(CC1CCN(C(C)C)CC1)C2. The molecule has 3 saturated heterocycles. The predicted octanol–water partition coefficient (Wildman–Crippen LogP) is 1.74. The Labute approximate surface area is 118 Å². The molecular formula is C16H31N3. The van der Waals surface area contributed by atoms with Gasteiger partial charge in [-0.25, -0.2) is 0 Å². The van der Waals surface area contributed by atoms with Gasteiger partial charge in [0.1, 0.15) is 0 Å². The van der Waals surface area contributed by atoms with Crippen molar-refractivity contribution >= 4 is 0 Å². The average Bonchev–Trinajstić information content (AvgIpc) is 2.31. The van der Waals surface area contributed by atoms with E-state index in [0.717, 1.165) is 12.0 Å². The molecule has 0 atom stereocenters. The molecule has 3 heterocycles. The van der Waals surface area contributed by atoms with E-state index in [4.69, 9.17) is 0 Å². The van der Waals surface area contributed by atoms with Crippen molar-refractivity contribution in [2.24, 2.45) is 11.3 Å². The van der Waals surface area contributed by atoms with Crippen molar-refractivity contribution in [1.82, 2.24) is 14.7 Å². The molecule has 0 radical (unpaired) electrons. The fraction of sp³-hybridized carbons (Fsp3) is 1.00. The third-order valence-corrected chi connectivity index (χ3v) is 5.58. The highest BCUT2D eigenvalue weighted by Gasteiger charge is 2.50. The molecule has 3 fully saturated rings. The molecule has 3 heteroatoms. The molecule has 0 aromatic carbocycles. The Morgan fingerprint density at radius 2 is 1.58 bits per heavy atom. The van der Waals surface area contributed by atoms with Gasteiger partial charge in [-0.15, -0.1) is 0 Å². The standard InChI is InChI=1S/C16H31N3/c1-4-17-10-16(11-17)12-18(13-16)9-15-5-7-19(8-6-15)14(2)3/h14-15H,4-13H2,1-3H3. The Kier molecular flexibility index (Phi) is 3.89. The van der Waals surface area contributed by atoms with Crippen LogP contribution in [0.15, 0.2) is 0 Å². The number of hydrogen-bond acceptors (Lipinski definition) is 3. The van der Waals surface area contributed by atoms with Crippen molar-refractivity contribution in [3.05, 3.63) is 0 Å². The third-order valence-electron chi connectivity index (χ3n) is 5.58. The van der Waals surface area contributed by atoms with E-state index in [1.807, 2.05) is 0 Å². The lowest BCUT2D eigenvalue weighted by molar-refractivity contribution is -0.118. The van der Waals surface area contributed by atoms with Crippen molar-refractivity contribution in [2.75, 3.05) is 52.4 Å². The van der Waals surface area contributed by atoms with E-state index in [2.05, 4.69) is 35.5 Å². The molecule has 3 aliphatic heterocycles. The second kappa shape index (κ2) is 5.34. The van der Waals surface area contributed by atoms with E-state index in [-0.39, 0.29) is 0 Å². The van der Waals surface area contributed by atoms with Gasteiger partial charge in [0.05, 0.1) is 0 Å². The zero-order valence-corrected chi connectivity index (χ0v) is 13.1. The molecule has 1 spiro atoms. The van der Waals surface area contributed by atoms with E-state index < -0.39 is 0 Å². The van der Waals surface area contributed by atoms with E-state index in [1.54, 1.807) is 0 Å². The zero-order valence-electron chi connectivity index (χ0n) is 13.1. The highest BCUT2D eigenvalue weighted by Crippen LogP contribution is 2.40. The summed E-state index contributed by atoms with van der Waals surface area (Å²) in [6.07, 6.45) is 2.84. The molecule has 0 aliphatic carbocycles. The van der Waals surface area contributed by atoms with Gasteiger partial charge in [-0.2, -0.15) is 0 Å². The van der Waals surface area contributed by atoms with Gasteiger partial charge in [-0.3, -0.25) is 0 Å². The van der Waals surface area contributed by atoms with Crippen molar-refractivity contribution in [3.8, 4) is 0 Å². The van der Waals surface area contributed by atoms with Gasteiger partial charge in [-0.1, -0.05) is 6.92 Å². The lowest BCUT2D eigenvalue weighted by Crippen LogP contribution is -2.72. The Balaban J connectivity index is 1.34. The maximum atomic E-state index is 2.72. The first-order valence-electron chi connectivity index (χ1n) is 8.29. The van der Waals surface area contributed by atoms with E-state index in [1.165, 1.54) is 65.2 Å². The van der Waals surface area contributed by atoms with Gasteiger partial charge in [-0.05, 0) is 52.2 Å². The van der Waals surface area contributed by atoms with Gasteiger partial charge < -0.3 is 14.7 Å². The number of likely N-dealkylation sites (tertiary alicyclic amines) is 3. The largest absolute Gasteiger partial charge is 0.302 e. The van der Waals surface area contributed by atoms with Crippen LogP contribution in [0, 0.1) is 11.3 Å². The van der Waals surface area contributed by atoms with Gasteiger partial charge >= 0.3 is 0 Å². The lowest BCUT2D eigenvalue weighted by atomic mass is 9.72. The van der Waals surface area contributed by atoms with Gasteiger partial charge in [0.25, 0.3) is 0 Å². The molecule has 3 nitrogen and oxygen atoms in total. The summed E-state index contributed by atoms with van der Waals surface area (Å²) in [4.78, 5) is 7.94. The second-order valence-electron chi connectivity index (χ2n) is 7.55. The molecule has 3 rings (SSSR count). The first-order valence-corrected chi connectivity index (χ1v) is 8.29. The minimum absolute atomic E-state index is 0.717. The Hall–Kier alpha value is -0.120. The smallest absolute Gasteiger partial charge is 0.0212 e. The number of piperidine rings is 1. The first-order chi connectivity index (χ1) is 9.10. The fourth-order valence-electron chi connectivity index (χ4n) is 4.37. The quantitative estimate of drug-likeness (QED) is 0.767. The summed E-state index contributed by atoms with van der Waals surface area (Å²) in [5, 5.41) is 0. The molecule has 0 bridgehead atoms. The summed E-state index contributed by atoms with van der Waals surface area (Å²) in [7, 11) is 0. The predicted molar refractivity (Wildman–Crippen MR) is 80.4 cm³/mol. The number of rotatable bonds is 4. The van der Waals surface area contributed by atoms with E-state index >= 15 is 0 Å². The van der Waals surface area contributed by atoms with Gasteiger partial charge in [0.2, 0.25) is 0 Å². The molecule has 0 saturated carbocycles. The first kappa shape index (κ1) is 13.8. The maximum absolute atomic E-state index is 2.72. The fourth-order valence-corrected chi connectivity index (χ4v) is 4.37. The van der Waals surface area contributed by atoms with Crippen LogP contribution in [0.3, 0.4) is 0 Å². The van der Waals surface area contributed by atoms with Crippen molar-refractivity contribution in [1.29, 1.82) is 0 Å². The molecule has 110 valence electrons. The topological polar surface area (TPSA) is 9.72 Å². The van der Waals surface area contributed by atoms with Gasteiger partial charge in [0, 0.05) is 44.2 Å². The van der Waals surface area contributed by atoms with Crippen LogP contribution in [0.1, 0.15) is 33.6 Å². The normalized spacial score (nSPS) is 29.7. The van der Waals surface area contributed by atoms with Crippen molar-refractivity contribution < 1.29 is 0 Å². The summed E-state index contributed by atoms with van der Waals surface area (Å²) in [6, 6.07) is 0.739. The summed E-state index contributed by atoms with van der Waals surface area (Å²) in [6.45, 7) is 17.7.